The molecule has 0 fully saturated rings. The summed E-state index contributed by atoms with van der Waals surface area (Å²) in [5.41, 5.74) is 19.7. The van der Waals surface area contributed by atoms with Gasteiger partial charge in [0.25, 0.3) is 0 Å². The molecule has 2 aliphatic carbocycles. The highest BCUT2D eigenvalue weighted by atomic mass is 14.5. The zero-order valence-electron chi connectivity index (χ0n) is 30.9. The third-order valence-electron chi connectivity index (χ3n) is 12.5. The first-order valence-corrected chi connectivity index (χ1v) is 19.6. The van der Waals surface area contributed by atoms with Crippen LogP contribution in [0.25, 0.3) is 44.5 Å². The average Bonchev–Trinajstić information content (AvgIpc) is 3.76. The van der Waals surface area contributed by atoms with E-state index in [1.165, 1.54) is 89.0 Å². The lowest BCUT2D eigenvalue weighted by atomic mass is 9.67. The van der Waals surface area contributed by atoms with Gasteiger partial charge in [-0.05, 0) is 95.1 Å². The molecule has 0 bridgehead atoms. The fourth-order valence-corrected chi connectivity index (χ4v) is 10.1. The van der Waals surface area contributed by atoms with E-state index in [9.17, 15) is 0 Å². The van der Waals surface area contributed by atoms with Crippen LogP contribution in [0.2, 0.25) is 0 Å². The number of rotatable bonds is 6. The molecule has 0 aromatic heterocycles. The summed E-state index contributed by atoms with van der Waals surface area (Å²) < 4.78 is 0. The Morgan fingerprint density at radius 2 is 0.500 bits per heavy atom. The maximum absolute atomic E-state index is 2.41. The Kier molecular flexibility index (Phi) is 7.41. The maximum atomic E-state index is 2.41. The van der Waals surface area contributed by atoms with Gasteiger partial charge in [-0.15, -0.1) is 0 Å². The van der Waals surface area contributed by atoms with Gasteiger partial charge in [0.15, 0.2) is 0 Å². The van der Waals surface area contributed by atoms with Crippen molar-refractivity contribution in [1.82, 2.24) is 0 Å². The topological polar surface area (TPSA) is 0 Å². The smallest absolute Gasteiger partial charge is 0.0622 e. The molecular weight excluding hydrogens is 673 g/mol. The Bertz CT molecular complexity index is 2790. The van der Waals surface area contributed by atoms with Crippen molar-refractivity contribution in [2.24, 2.45) is 0 Å². The van der Waals surface area contributed by atoms with Gasteiger partial charge >= 0.3 is 0 Å². The van der Waals surface area contributed by atoms with Crippen molar-refractivity contribution in [2.45, 2.75) is 10.8 Å². The molecule has 56 heavy (non-hydrogen) atoms. The predicted octanol–water partition coefficient (Wildman–Crippen LogP) is 13.7. The lowest BCUT2D eigenvalue weighted by molar-refractivity contribution is 0.768. The highest BCUT2D eigenvalue weighted by Gasteiger charge is 2.47. The standard InChI is InChI=1S/C56H38/c1-3-17-43(18-4-1)55(51-26-11-7-22-47(51)48-23-8-12-27-52(48)55)45-36-34-40(35-37-45)39-30-32-41(33-31-39)42-16-15-21-46(38-42)56(44-19-5-2-6-20-44)53-28-13-9-24-49(53)50-25-10-14-29-54(50)56/h1-38H. The molecule has 0 heteroatoms. The molecule has 0 aliphatic heterocycles. The summed E-state index contributed by atoms with van der Waals surface area (Å²) in [6, 6.07) is 85.4. The van der Waals surface area contributed by atoms with E-state index in [2.05, 4.69) is 231 Å². The lowest BCUT2D eigenvalue weighted by Gasteiger charge is -2.34. The van der Waals surface area contributed by atoms with Crippen LogP contribution in [0.15, 0.2) is 231 Å². The molecule has 2 aliphatic rings. The van der Waals surface area contributed by atoms with Crippen LogP contribution in [0.4, 0.5) is 0 Å². The molecule has 9 aromatic carbocycles. The molecule has 11 rings (SSSR count). The third-order valence-corrected chi connectivity index (χ3v) is 12.5. The van der Waals surface area contributed by atoms with Gasteiger partial charge in [0.2, 0.25) is 0 Å². The molecule has 0 nitrogen and oxygen atoms in total. The highest BCUT2D eigenvalue weighted by molar-refractivity contribution is 5.88. The molecule has 9 aromatic rings. The largest absolute Gasteiger partial charge is 0.0713 e. The van der Waals surface area contributed by atoms with E-state index >= 15 is 0 Å². The van der Waals surface area contributed by atoms with E-state index < -0.39 is 5.41 Å². The van der Waals surface area contributed by atoms with Gasteiger partial charge in [0, 0.05) is 0 Å². The van der Waals surface area contributed by atoms with E-state index in [1.807, 2.05) is 0 Å². The maximum Gasteiger partial charge on any atom is 0.0713 e. The van der Waals surface area contributed by atoms with Crippen LogP contribution in [-0.2, 0) is 10.8 Å². The molecule has 262 valence electrons. The Labute approximate surface area is 329 Å². The minimum Gasteiger partial charge on any atom is -0.0622 e. The van der Waals surface area contributed by atoms with Crippen molar-refractivity contribution in [2.75, 3.05) is 0 Å². The second-order valence-electron chi connectivity index (χ2n) is 15.1. The van der Waals surface area contributed by atoms with Crippen LogP contribution < -0.4 is 0 Å². The number of benzene rings is 9. The van der Waals surface area contributed by atoms with E-state index in [0.717, 1.165) is 0 Å². The third kappa shape index (κ3) is 4.60. The Morgan fingerprint density at radius 1 is 0.196 bits per heavy atom. The zero-order valence-corrected chi connectivity index (χ0v) is 30.9. The summed E-state index contributed by atoms with van der Waals surface area (Å²) in [6.45, 7) is 0. The van der Waals surface area contributed by atoms with Crippen LogP contribution >= 0.6 is 0 Å². The minimum absolute atomic E-state index is 0.390. The lowest BCUT2D eigenvalue weighted by Crippen LogP contribution is -2.28. The van der Waals surface area contributed by atoms with Crippen molar-refractivity contribution in [3.63, 3.8) is 0 Å². The first-order chi connectivity index (χ1) is 27.8. The van der Waals surface area contributed by atoms with Crippen molar-refractivity contribution in [3.05, 3.63) is 275 Å². The van der Waals surface area contributed by atoms with Gasteiger partial charge in [-0.2, -0.15) is 0 Å². The van der Waals surface area contributed by atoms with Crippen LogP contribution in [0.3, 0.4) is 0 Å². The van der Waals surface area contributed by atoms with Crippen molar-refractivity contribution >= 4 is 0 Å². The van der Waals surface area contributed by atoms with Crippen molar-refractivity contribution < 1.29 is 0 Å². The summed E-state index contributed by atoms with van der Waals surface area (Å²) in [5.74, 6) is 0. The van der Waals surface area contributed by atoms with Gasteiger partial charge in [-0.25, -0.2) is 0 Å². The van der Waals surface area contributed by atoms with E-state index in [4.69, 9.17) is 0 Å². The van der Waals surface area contributed by atoms with Gasteiger partial charge in [0.1, 0.15) is 0 Å². The highest BCUT2D eigenvalue weighted by Crippen LogP contribution is 2.57. The van der Waals surface area contributed by atoms with Crippen LogP contribution in [0.5, 0.6) is 0 Å². The first kappa shape index (κ1) is 32.4. The second-order valence-corrected chi connectivity index (χ2v) is 15.1. The van der Waals surface area contributed by atoms with E-state index in [0.29, 0.717) is 0 Å². The molecule has 0 amide bonds. The summed E-state index contributed by atoms with van der Waals surface area (Å²) in [6.07, 6.45) is 0. The fourth-order valence-electron chi connectivity index (χ4n) is 10.1. The Hall–Kier alpha value is -7.02. The summed E-state index contributed by atoms with van der Waals surface area (Å²) >= 11 is 0. The Morgan fingerprint density at radius 3 is 0.929 bits per heavy atom. The van der Waals surface area contributed by atoms with Gasteiger partial charge in [-0.1, -0.05) is 224 Å². The Balaban J connectivity index is 0.982. The molecule has 0 saturated heterocycles. The van der Waals surface area contributed by atoms with Crippen molar-refractivity contribution in [3.8, 4) is 44.5 Å². The normalized spacial score (nSPS) is 14.0. The molecule has 0 spiro atoms. The number of hydrogen-bond donors (Lipinski definition) is 0. The van der Waals surface area contributed by atoms with Gasteiger partial charge < -0.3 is 0 Å². The van der Waals surface area contributed by atoms with Crippen LogP contribution in [0.1, 0.15) is 44.5 Å². The van der Waals surface area contributed by atoms with E-state index in [1.54, 1.807) is 0 Å². The van der Waals surface area contributed by atoms with Crippen LogP contribution in [-0.4, -0.2) is 0 Å². The number of fused-ring (bicyclic) bond motifs is 6. The predicted molar refractivity (Wildman–Crippen MR) is 232 cm³/mol. The minimum atomic E-state index is -0.413. The average molecular weight is 711 g/mol. The van der Waals surface area contributed by atoms with Crippen LogP contribution in [0, 0.1) is 0 Å². The fraction of sp³-hybridized carbons (Fsp3) is 0.0357. The van der Waals surface area contributed by atoms with Crippen molar-refractivity contribution in [1.29, 1.82) is 0 Å². The van der Waals surface area contributed by atoms with Gasteiger partial charge in [-0.3, -0.25) is 0 Å². The summed E-state index contributed by atoms with van der Waals surface area (Å²) in [7, 11) is 0. The molecule has 0 heterocycles. The molecule has 0 atom stereocenters. The molecule has 0 N–H and O–H groups in total. The van der Waals surface area contributed by atoms with E-state index in [-0.39, 0.29) is 5.41 Å². The molecule has 0 saturated carbocycles. The van der Waals surface area contributed by atoms with Gasteiger partial charge in [0.05, 0.1) is 10.8 Å². The molecule has 0 unspecified atom stereocenters. The molecule has 0 radical (unpaired) electrons. The number of hydrogen-bond acceptors (Lipinski definition) is 0. The molecular formula is C56H38. The zero-order chi connectivity index (χ0) is 37.1. The summed E-state index contributed by atoms with van der Waals surface area (Å²) in [4.78, 5) is 0. The summed E-state index contributed by atoms with van der Waals surface area (Å²) in [5, 5.41) is 0. The monoisotopic (exact) mass is 710 g/mol. The SMILES string of the molecule is c1ccc(C2(c3ccc(-c4ccc(-c5cccc(C6(c7ccccc7)c7ccccc7-c7ccccc76)c5)cc4)cc3)c3ccccc3-c3ccccc32)cc1. The quantitative estimate of drug-likeness (QED) is 0.161. The first-order valence-electron chi connectivity index (χ1n) is 19.6. The second kappa shape index (κ2) is 12.8.